The Bertz CT molecular complexity index is 110. The minimum absolute atomic E-state index is 0.335. The Hall–Kier alpha value is -0.160. The molecule has 10 heavy (non-hydrogen) atoms. The van der Waals surface area contributed by atoms with Crippen LogP contribution in [0.1, 0.15) is 12.8 Å². The largest absolute Gasteiger partial charge is 0.381 e. The van der Waals surface area contributed by atoms with Crippen LogP contribution in [0.25, 0.3) is 0 Å². The zero-order chi connectivity index (χ0) is 7.61. The van der Waals surface area contributed by atoms with Crippen molar-refractivity contribution in [2.45, 2.75) is 18.5 Å². The Morgan fingerprint density at radius 2 is 1.90 bits per heavy atom. The molecule has 0 aromatic carbocycles. The topological polar surface area (TPSA) is 64.5 Å². The third-order valence-corrected chi connectivity index (χ3v) is 2.06. The van der Waals surface area contributed by atoms with Crippen LogP contribution in [0.3, 0.4) is 0 Å². The molecule has 0 bridgehead atoms. The van der Waals surface area contributed by atoms with Crippen LogP contribution in [-0.4, -0.2) is 30.9 Å². The number of ether oxygens (including phenoxy) is 1. The first-order valence-electron chi connectivity index (χ1n) is 3.50. The Labute approximate surface area is 61.1 Å². The second-order valence-corrected chi connectivity index (χ2v) is 2.83. The zero-order valence-electron chi connectivity index (χ0n) is 6.34. The Morgan fingerprint density at radius 3 is 2.20 bits per heavy atom. The maximum absolute atomic E-state index is 5.92. The highest BCUT2D eigenvalue weighted by atomic mass is 16.5. The molecule has 0 saturated carbocycles. The molecule has 1 aliphatic heterocycles. The van der Waals surface area contributed by atoms with Gasteiger partial charge in [-0.15, -0.1) is 0 Å². The van der Waals surface area contributed by atoms with Gasteiger partial charge in [0.25, 0.3) is 0 Å². The van der Waals surface area contributed by atoms with Gasteiger partial charge >= 0.3 is 0 Å². The van der Waals surface area contributed by atoms with E-state index in [1.54, 1.807) is 12.1 Å². The second-order valence-electron chi connectivity index (χ2n) is 2.83. The Balaban J connectivity index is 2.48. The van der Waals surface area contributed by atoms with Crippen LogP contribution in [0.4, 0.5) is 0 Å². The van der Waals surface area contributed by atoms with Gasteiger partial charge in [-0.25, -0.2) is 5.01 Å². The van der Waals surface area contributed by atoms with Gasteiger partial charge in [0.2, 0.25) is 0 Å². The van der Waals surface area contributed by atoms with E-state index in [4.69, 9.17) is 16.3 Å². The summed E-state index contributed by atoms with van der Waals surface area (Å²) in [7, 11) is 1.80. The average molecular weight is 145 g/mol. The van der Waals surface area contributed by atoms with E-state index >= 15 is 0 Å². The molecule has 1 fully saturated rings. The molecule has 0 aliphatic carbocycles. The van der Waals surface area contributed by atoms with Crippen molar-refractivity contribution < 1.29 is 4.74 Å². The molecule has 60 valence electrons. The highest BCUT2D eigenvalue weighted by molar-refractivity contribution is 4.82. The molecule has 4 nitrogen and oxygen atoms in total. The zero-order valence-corrected chi connectivity index (χ0v) is 6.34. The fourth-order valence-corrected chi connectivity index (χ4v) is 1.08. The van der Waals surface area contributed by atoms with Crippen LogP contribution >= 0.6 is 0 Å². The maximum Gasteiger partial charge on any atom is 0.0859 e. The average Bonchev–Trinajstić information content (AvgIpc) is 1.89. The summed E-state index contributed by atoms with van der Waals surface area (Å²) in [5, 5.41) is 1.58. The van der Waals surface area contributed by atoms with Crippen LogP contribution in [0.15, 0.2) is 0 Å². The van der Waals surface area contributed by atoms with Crippen LogP contribution in [0, 0.1) is 0 Å². The molecule has 0 aromatic heterocycles. The van der Waals surface area contributed by atoms with Crippen molar-refractivity contribution >= 4 is 0 Å². The molecule has 1 rings (SSSR count). The Kier molecular flexibility index (Phi) is 2.25. The van der Waals surface area contributed by atoms with Crippen LogP contribution in [-0.2, 0) is 4.74 Å². The lowest BCUT2D eigenvalue weighted by Crippen LogP contribution is -2.60. The number of hydrazine groups is 1. The molecular formula is C6H15N3O. The molecule has 4 heteroatoms. The van der Waals surface area contributed by atoms with Crippen molar-refractivity contribution in [1.82, 2.24) is 5.01 Å². The third-order valence-electron chi connectivity index (χ3n) is 2.06. The van der Waals surface area contributed by atoms with Gasteiger partial charge < -0.3 is 10.5 Å². The van der Waals surface area contributed by atoms with Crippen molar-refractivity contribution in [2.24, 2.45) is 11.6 Å². The van der Waals surface area contributed by atoms with Gasteiger partial charge in [-0.1, -0.05) is 0 Å². The van der Waals surface area contributed by atoms with Gasteiger partial charge in [-0.3, -0.25) is 5.84 Å². The fourth-order valence-electron chi connectivity index (χ4n) is 1.08. The van der Waals surface area contributed by atoms with E-state index in [2.05, 4.69) is 0 Å². The maximum atomic E-state index is 5.92. The van der Waals surface area contributed by atoms with E-state index in [0.717, 1.165) is 26.1 Å². The lowest BCUT2D eigenvalue weighted by atomic mass is 10.0. The third kappa shape index (κ3) is 1.46. The van der Waals surface area contributed by atoms with E-state index in [9.17, 15) is 0 Å². The normalized spacial score (nSPS) is 25.2. The second kappa shape index (κ2) is 2.84. The van der Waals surface area contributed by atoms with Crippen molar-refractivity contribution in [3.63, 3.8) is 0 Å². The first kappa shape index (κ1) is 7.94. The molecular weight excluding hydrogens is 130 g/mol. The molecule has 4 N–H and O–H groups in total. The van der Waals surface area contributed by atoms with Gasteiger partial charge in [0.1, 0.15) is 0 Å². The van der Waals surface area contributed by atoms with Gasteiger partial charge in [-0.05, 0) is 0 Å². The van der Waals surface area contributed by atoms with Gasteiger partial charge in [0, 0.05) is 33.1 Å². The first-order chi connectivity index (χ1) is 4.65. The predicted octanol–water partition coefficient (Wildman–Crippen LogP) is -0.743. The molecule has 0 amide bonds. The predicted molar refractivity (Wildman–Crippen MR) is 38.9 cm³/mol. The number of hydrogen-bond acceptors (Lipinski definition) is 4. The van der Waals surface area contributed by atoms with Crippen LogP contribution in [0.2, 0.25) is 0 Å². The molecule has 1 heterocycles. The summed E-state index contributed by atoms with van der Waals surface area (Å²) in [6.45, 7) is 1.44. The molecule has 0 aromatic rings. The summed E-state index contributed by atoms with van der Waals surface area (Å²) < 4.78 is 5.15. The quantitative estimate of drug-likeness (QED) is 0.290. The van der Waals surface area contributed by atoms with E-state index in [1.807, 2.05) is 0 Å². The monoisotopic (exact) mass is 145 g/mol. The number of nitrogens with two attached hydrogens (primary N) is 2. The van der Waals surface area contributed by atoms with Gasteiger partial charge in [0.15, 0.2) is 0 Å². The summed E-state index contributed by atoms with van der Waals surface area (Å²) >= 11 is 0. The minimum atomic E-state index is -0.335. The molecule has 0 unspecified atom stereocenters. The number of nitrogens with zero attached hydrogens (tertiary/aromatic N) is 1. The molecule has 1 aliphatic rings. The lowest BCUT2D eigenvalue weighted by Gasteiger charge is -2.38. The van der Waals surface area contributed by atoms with Crippen LogP contribution < -0.4 is 11.6 Å². The summed E-state index contributed by atoms with van der Waals surface area (Å²) in [6, 6.07) is 0. The molecule has 1 saturated heterocycles. The van der Waals surface area contributed by atoms with Crippen molar-refractivity contribution in [3.8, 4) is 0 Å². The number of rotatable bonds is 1. The summed E-state index contributed by atoms with van der Waals surface area (Å²) in [5.41, 5.74) is 5.59. The standard InChI is InChI=1S/C6H15N3O/c1-9(8)6(7)2-4-10-5-3-6/h2-5,7-8H2,1H3. The summed E-state index contributed by atoms with van der Waals surface area (Å²) in [6.07, 6.45) is 1.64. The SMILES string of the molecule is CN(N)C1(N)CCOCC1. The van der Waals surface area contributed by atoms with Crippen molar-refractivity contribution in [3.05, 3.63) is 0 Å². The van der Waals surface area contributed by atoms with Crippen molar-refractivity contribution in [2.75, 3.05) is 20.3 Å². The van der Waals surface area contributed by atoms with E-state index in [1.165, 1.54) is 0 Å². The van der Waals surface area contributed by atoms with E-state index < -0.39 is 0 Å². The highest BCUT2D eigenvalue weighted by Gasteiger charge is 2.30. The minimum Gasteiger partial charge on any atom is -0.381 e. The highest BCUT2D eigenvalue weighted by Crippen LogP contribution is 2.17. The fraction of sp³-hybridized carbons (Fsp3) is 1.00. The summed E-state index contributed by atoms with van der Waals surface area (Å²) in [4.78, 5) is 0. The summed E-state index contributed by atoms with van der Waals surface area (Å²) in [5.74, 6) is 5.55. The Morgan fingerprint density at radius 1 is 1.40 bits per heavy atom. The number of hydrogen-bond donors (Lipinski definition) is 2. The van der Waals surface area contributed by atoms with E-state index in [0.29, 0.717) is 0 Å². The molecule has 0 spiro atoms. The van der Waals surface area contributed by atoms with Gasteiger partial charge in [-0.2, -0.15) is 0 Å². The van der Waals surface area contributed by atoms with Crippen molar-refractivity contribution in [1.29, 1.82) is 0 Å². The van der Waals surface area contributed by atoms with E-state index in [-0.39, 0.29) is 5.66 Å². The first-order valence-corrected chi connectivity index (χ1v) is 3.50. The molecule has 0 atom stereocenters. The smallest absolute Gasteiger partial charge is 0.0859 e. The van der Waals surface area contributed by atoms with Gasteiger partial charge in [0.05, 0.1) is 5.66 Å². The van der Waals surface area contributed by atoms with Crippen LogP contribution in [0.5, 0.6) is 0 Å². The molecule has 0 radical (unpaired) electrons. The lowest BCUT2D eigenvalue weighted by molar-refractivity contribution is -0.0150.